The van der Waals surface area contributed by atoms with Gasteiger partial charge >= 0.3 is 6.03 Å². The van der Waals surface area contributed by atoms with Crippen molar-refractivity contribution in [3.8, 4) is 11.5 Å². The summed E-state index contributed by atoms with van der Waals surface area (Å²) in [5.74, 6) is 1.39. The van der Waals surface area contributed by atoms with Crippen LogP contribution in [0.15, 0.2) is 42.5 Å². The van der Waals surface area contributed by atoms with Crippen molar-refractivity contribution in [2.24, 2.45) is 0 Å². The fourth-order valence-electron chi connectivity index (χ4n) is 2.47. The van der Waals surface area contributed by atoms with Gasteiger partial charge in [0.25, 0.3) is 0 Å². The van der Waals surface area contributed by atoms with E-state index in [-0.39, 0.29) is 12.1 Å². The number of nitrogens with zero attached hydrogens (tertiary/aromatic N) is 1. The zero-order valence-corrected chi connectivity index (χ0v) is 13.6. The molecular weight excluding hydrogens is 316 g/mol. The first-order chi connectivity index (χ1) is 11.1. The molecule has 1 atom stereocenters. The first kappa shape index (κ1) is 15.5. The number of rotatable bonds is 2. The van der Waals surface area contributed by atoms with Gasteiger partial charge in [-0.15, -0.1) is 0 Å². The maximum absolute atomic E-state index is 12.6. The lowest BCUT2D eigenvalue weighted by molar-refractivity contribution is 0.208. The van der Waals surface area contributed by atoms with E-state index in [9.17, 15) is 4.79 Å². The number of amides is 2. The third-order valence-electron chi connectivity index (χ3n) is 3.57. The lowest BCUT2D eigenvalue weighted by atomic mass is 10.2. The van der Waals surface area contributed by atoms with E-state index in [1.54, 1.807) is 54.5 Å². The van der Waals surface area contributed by atoms with Crippen molar-refractivity contribution < 1.29 is 14.3 Å². The van der Waals surface area contributed by atoms with Crippen LogP contribution in [0.3, 0.4) is 0 Å². The Balaban J connectivity index is 1.83. The number of fused-ring (bicyclic) bond motifs is 1. The largest absolute Gasteiger partial charge is 0.497 e. The van der Waals surface area contributed by atoms with Crippen molar-refractivity contribution in [2.45, 2.75) is 13.0 Å². The molecule has 0 saturated carbocycles. The number of hydrogen-bond acceptors (Lipinski definition) is 3. The minimum atomic E-state index is -0.228. The summed E-state index contributed by atoms with van der Waals surface area (Å²) in [5, 5.41) is 3.44. The molecule has 0 spiro atoms. The quantitative estimate of drug-likeness (QED) is 0.898. The molecule has 0 fully saturated rings. The van der Waals surface area contributed by atoms with Crippen LogP contribution in [0, 0.1) is 0 Å². The average molecular weight is 333 g/mol. The summed E-state index contributed by atoms with van der Waals surface area (Å²) in [6.07, 6.45) is -0.0923. The van der Waals surface area contributed by atoms with E-state index in [0.29, 0.717) is 28.7 Å². The number of halogens is 1. The number of benzene rings is 2. The summed E-state index contributed by atoms with van der Waals surface area (Å²) in [5.41, 5.74) is 1.36. The molecule has 2 aromatic carbocycles. The van der Waals surface area contributed by atoms with Crippen molar-refractivity contribution in [3.63, 3.8) is 0 Å². The van der Waals surface area contributed by atoms with Crippen molar-refractivity contribution in [3.05, 3.63) is 47.5 Å². The zero-order valence-electron chi connectivity index (χ0n) is 12.9. The second kappa shape index (κ2) is 6.38. The van der Waals surface area contributed by atoms with E-state index in [4.69, 9.17) is 21.1 Å². The number of urea groups is 1. The lowest BCUT2D eigenvalue weighted by Crippen LogP contribution is -2.44. The second-order valence-electron chi connectivity index (χ2n) is 5.31. The van der Waals surface area contributed by atoms with Gasteiger partial charge in [-0.1, -0.05) is 11.6 Å². The summed E-state index contributed by atoms with van der Waals surface area (Å²) in [6, 6.07) is 12.2. The van der Waals surface area contributed by atoms with E-state index in [1.165, 1.54) is 0 Å². The summed E-state index contributed by atoms with van der Waals surface area (Å²) in [6.45, 7) is 2.38. The Labute approximate surface area is 139 Å². The standard InChI is InChI=1S/C17H17ClN2O3/c1-11-10-20(15-9-12(18)3-8-16(15)23-11)17(21)19-13-4-6-14(22-2)7-5-13/h3-9,11H,10H2,1-2H3,(H,19,21). The van der Waals surface area contributed by atoms with Gasteiger partial charge in [0, 0.05) is 10.7 Å². The molecule has 3 rings (SSSR count). The Bertz CT molecular complexity index is 718. The van der Waals surface area contributed by atoms with Gasteiger partial charge in [-0.2, -0.15) is 0 Å². The predicted molar refractivity (Wildman–Crippen MR) is 90.9 cm³/mol. The lowest BCUT2D eigenvalue weighted by Gasteiger charge is -2.33. The molecule has 1 unspecified atom stereocenters. The van der Waals surface area contributed by atoms with Gasteiger partial charge in [-0.25, -0.2) is 4.79 Å². The van der Waals surface area contributed by atoms with Gasteiger partial charge in [-0.05, 0) is 49.4 Å². The molecule has 1 aliphatic rings. The number of anilines is 2. The monoisotopic (exact) mass is 332 g/mol. The SMILES string of the molecule is COc1ccc(NC(=O)N2CC(C)Oc3ccc(Cl)cc32)cc1. The van der Waals surface area contributed by atoms with E-state index >= 15 is 0 Å². The number of nitrogens with one attached hydrogen (secondary N) is 1. The number of methoxy groups -OCH3 is 1. The highest BCUT2D eigenvalue weighted by Gasteiger charge is 2.28. The van der Waals surface area contributed by atoms with Crippen molar-refractivity contribution in [1.29, 1.82) is 0 Å². The highest BCUT2D eigenvalue weighted by molar-refractivity contribution is 6.31. The van der Waals surface area contributed by atoms with Crippen molar-refractivity contribution in [1.82, 2.24) is 0 Å². The summed E-state index contributed by atoms with van der Waals surface area (Å²) in [7, 11) is 1.60. The Kier molecular flexibility index (Phi) is 4.30. The molecule has 2 amide bonds. The fraction of sp³-hybridized carbons (Fsp3) is 0.235. The Morgan fingerprint density at radius 3 is 2.74 bits per heavy atom. The van der Waals surface area contributed by atoms with Gasteiger partial charge in [0.15, 0.2) is 0 Å². The molecule has 5 nitrogen and oxygen atoms in total. The average Bonchev–Trinajstić information content (AvgIpc) is 2.55. The third kappa shape index (κ3) is 3.35. The van der Waals surface area contributed by atoms with Crippen molar-refractivity contribution in [2.75, 3.05) is 23.9 Å². The van der Waals surface area contributed by atoms with E-state index in [2.05, 4.69) is 5.32 Å². The predicted octanol–water partition coefficient (Wildman–Crippen LogP) is 4.17. The second-order valence-corrected chi connectivity index (χ2v) is 5.75. The first-order valence-electron chi connectivity index (χ1n) is 7.25. The minimum absolute atomic E-state index is 0.0923. The topological polar surface area (TPSA) is 50.8 Å². The van der Waals surface area contributed by atoms with Crippen LogP contribution >= 0.6 is 11.6 Å². The van der Waals surface area contributed by atoms with E-state index in [1.807, 2.05) is 6.92 Å². The van der Waals surface area contributed by atoms with Crippen LogP contribution < -0.4 is 19.7 Å². The summed E-state index contributed by atoms with van der Waals surface area (Å²) >= 11 is 6.05. The summed E-state index contributed by atoms with van der Waals surface area (Å²) in [4.78, 5) is 14.3. The maximum atomic E-state index is 12.6. The molecule has 0 radical (unpaired) electrons. The molecule has 1 aliphatic heterocycles. The van der Waals surface area contributed by atoms with Crippen LogP contribution in [0.5, 0.6) is 11.5 Å². The van der Waals surface area contributed by atoms with E-state index in [0.717, 1.165) is 5.75 Å². The molecule has 0 aliphatic carbocycles. The molecule has 1 N–H and O–H groups in total. The van der Waals surface area contributed by atoms with Crippen LogP contribution in [-0.4, -0.2) is 25.8 Å². The van der Waals surface area contributed by atoms with Crippen LogP contribution in [0.4, 0.5) is 16.2 Å². The van der Waals surface area contributed by atoms with Gasteiger partial charge in [0.05, 0.1) is 19.3 Å². The smallest absolute Gasteiger partial charge is 0.326 e. The van der Waals surface area contributed by atoms with Gasteiger partial charge in [0.2, 0.25) is 0 Å². The zero-order chi connectivity index (χ0) is 16.4. The number of ether oxygens (including phenoxy) is 2. The normalized spacial score (nSPS) is 16.3. The highest BCUT2D eigenvalue weighted by atomic mass is 35.5. The van der Waals surface area contributed by atoms with Gasteiger partial charge in [0.1, 0.15) is 17.6 Å². The van der Waals surface area contributed by atoms with E-state index < -0.39 is 0 Å². The van der Waals surface area contributed by atoms with Crippen LogP contribution in [-0.2, 0) is 0 Å². The molecular formula is C17H17ClN2O3. The van der Waals surface area contributed by atoms with Crippen LogP contribution in [0.1, 0.15) is 6.92 Å². The molecule has 120 valence electrons. The maximum Gasteiger partial charge on any atom is 0.326 e. The Hall–Kier alpha value is -2.40. The molecule has 0 bridgehead atoms. The van der Waals surface area contributed by atoms with Gasteiger partial charge < -0.3 is 14.8 Å². The van der Waals surface area contributed by atoms with Crippen molar-refractivity contribution >= 4 is 29.0 Å². The highest BCUT2D eigenvalue weighted by Crippen LogP contribution is 2.36. The molecule has 6 heteroatoms. The molecule has 0 saturated heterocycles. The minimum Gasteiger partial charge on any atom is -0.497 e. The number of hydrogen-bond donors (Lipinski definition) is 1. The number of carbonyl (C=O) groups excluding carboxylic acids is 1. The first-order valence-corrected chi connectivity index (χ1v) is 7.63. The molecule has 2 aromatic rings. The van der Waals surface area contributed by atoms with Crippen LogP contribution in [0.2, 0.25) is 5.02 Å². The van der Waals surface area contributed by atoms with Gasteiger partial charge in [-0.3, -0.25) is 4.90 Å². The number of carbonyl (C=O) groups is 1. The fourth-order valence-corrected chi connectivity index (χ4v) is 2.63. The van der Waals surface area contributed by atoms with Crippen LogP contribution in [0.25, 0.3) is 0 Å². The molecule has 23 heavy (non-hydrogen) atoms. The Morgan fingerprint density at radius 2 is 2.04 bits per heavy atom. The Morgan fingerprint density at radius 1 is 1.30 bits per heavy atom. The summed E-state index contributed by atoms with van der Waals surface area (Å²) < 4.78 is 10.9. The molecule has 0 aromatic heterocycles. The third-order valence-corrected chi connectivity index (χ3v) is 3.80. The molecule has 1 heterocycles.